The number of pyridine rings is 1. The van der Waals surface area contributed by atoms with Gasteiger partial charge in [-0.2, -0.15) is 0 Å². The number of fused-ring (bicyclic) bond motifs is 4. The molecule has 0 unspecified atom stereocenters. The molecule has 0 radical (unpaired) electrons. The van der Waals surface area contributed by atoms with Gasteiger partial charge in [0.25, 0.3) is 0 Å². The SMILES string of the molecule is CC(C)c1cc(C(C)C)c(-c2cc(Oc3ccc4c5ccccc5n(-c5cc(C(C)(C)C)ccn5)c4c3)cc(N3CN(c4c(-c5cc(F)cc(F)c5)cc(C(C)(C)C)cc4-c4cc(F)cc(F)c4)c4ccccc43)c2)c(C(C)C)c1. The van der Waals surface area contributed by atoms with Crippen molar-refractivity contribution in [2.45, 2.75) is 112 Å². The fourth-order valence-electron chi connectivity index (χ4n) is 11.5. The fraction of sp³-hybridized carbons (Fsp3) is 0.254. The molecule has 0 N–H and O–H groups in total. The van der Waals surface area contributed by atoms with Gasteiger partial charge in [-0.1, -0.05) is 126 Å². The van der Waals surface area contributed by atoms with Crippen molar-refractivity contribution >= 4 is 44.6 Å². The first-order valence-electron chi connectivity index (χ1n) is 27.8. The van der Waals surface area contributed by atoms with Crippen molar-refractivity contribution in [1.29, 1.82) is 0 Å². The summed E-state index contributed by atoms with van der Waals surface area (Å²) in [6.07, 6.45) is 1.89. The third kappa shape index (κ3) is 10.1. The number of para-hydroxylation sites is 3. The zero-order valence-corrected chi connectivity index (χ0v) is 47.7. The van der Waals surface area contributed by atoms with Gasteiger partial charge < -0.3 is 14.5 Å². The van der Waals surface area contributed by atoms with Crippen LogP contribution in [-0.2, 0) is 10.8 Å². The van der Waals surface area contributed by atoms with Crippen LogP contribution in [0.1, 0.15) is 129 Å². The molecule has 1 aliphatic heterocycles. The maximum Gasteiger partial charge on any atom is 0.137 e. The van der Waals surface area contributed by atoms with Gasteiger partial charge in [-0.15, -0.1) is 0 Å². The van der Waals surface area contributed by atoms with E-state index >= 15 is 17.6 Å². The minimum Gasteiger partial charge on any atom is -0.457 e. The Hall–Kier alpha value is -8.17. The van der Waals surface area contributed by atoms with E-state index in [0.717, 1.165) is 73.5 Å². The number of hydrogen-bond donors (Lipinski definition) is 0. The van der Waals surface area contributed by atoms with Crippen molar-refractivity contribution in [1.82, 2.24) is 9.55 Å². The second-order valence-corrected chi connectivity index (χ2v) is 24.5. The lowest BCUT2D eigenvalue weighted by molar-refractivity contribution is 0.483. The summed E-state index contributed by atoms with van der Waals surface area (Å²) < 4.78 is 71.4. The minimum atomic E-state index is -0.742. The van der Waals surface area contributed by atoms with Gasteiger partial charge in [0.15, 0.2) is 0 Å². The number of hydrogen-bond acceptors (Lipinski definition) is 4. The maximum absolute atomic E-state index is 15.5. The van der Waals surface area contributed by atoms with Gasteiger partial charge in [0, 0.05) is 58.0 Å². The second kappa shape index (κ2) is 20.5. The average Bonchev–Trinajstić information content (AvgIpc) is 3.98. The minimum absolute atomic E-state index is 0.0940. The Labute approximate surface area is 468 Å². The summed E-state index contributed by atoms with van der Waals surface area (Å²) in [5, 5.41) is 2.18. The van der Waals surface area contributed by atoms with Gasteiger partial charge in [0.1, 0.15) is 47.3 Å². The molecule has 0 saturated carbocycles. The van der Waals surface area contributed by atoms with E-state index in [9.17, 15) is 0 Å². The molecule has 0 bridgehead atoms. The van der Waals surface area contributed by atoms with E-state index in [1.165, 1.54) is 46.5 Å². The number of nitrogens with zero attached hydrogens (tertiary/aromatic N) is 4. The standard InChI is InChI=1S/C71H68F4N4O/c1-41(2)44-31-59(42(3)4)68(60(32-44)43(5)6)47-29-54(38-56(30-47)80-55-21-22-58-57-17-13-14-18-63(57)79(66(58)39-55)67-35-48(23-24-76-67)70(7,8)9)77-40-78(65-20-16-15-19-64(65)77)69-61(45-25-50(72)36-51(73)26-45)33-49(71(10,11)12)34-62(69)46-27-52(74)37-53(75)28-46/h13-39,41-43H,40H2,1-12H3. The highest BCUT2D eigenvalue weighted by molar-refractivity contribution is 6.09. The number of anilines is 4. The van der Waals surface area contributed by atoms with Crippen LogP contribution in [0.4, 0.5) is 40.3 Å². The van der Waals surface area contributed by atoms with Crippen LogP contribution in [0.25, 0.3) is 61.0 Å². The predicted molar refractivity (Wildman–Crippen MR) is 323 cm³/mol. The molecule has 10 aromatic rings. The molecule has 8 aromatic carbocycles. The molecule has 406 valence electrons. The van der Waals surface area contributed by atoms with Gasteiger partial charge in [-0.25, -0.2) is 22.5 Å². The van der Waals surface area contributed by atoms with Gasteiger partial charge in [0.2, 0.25) is 0 Å². The highest BCUT2D eigenvalue weighted by Crippen LogP contribution is 2.53. The molecule has 0 saturated heterocycles. The molecule has 0 amide bonds. The summed E-state index contributed by atoms with van der Waals surface area (Å²) in [4.78, 5) is 9.25. The van der Waals surface area contributed by atoms with Gasteiger partial charge in [-0.3, -0.25) is 4.57 Å². The van der Waals surface area contributed by atoms with Crippen molar-refractivity contribution in [2.24, 2.45) is 0 Å². The Kier molecular flexibility index (Phi) is 13.8. The Balaban J connectivity index is 1.14. The normalized spacial score (nSPS) is 13.0. The lowest BCUT2D eigenvalue weighted by Crippen LogP contribution is -2.25. The first kappa shape index (κ1) is 53.8. The Morgan fingerprint density at radius 3 is 1.59 bits per heavy atom. The number of ether oxygens (including phenoxy) is 1. The fourth-order valence-corrected chi connectivity index (χ4v) is 11.5. The molecule has 80 heavy (non-hydrogen) atoms. The Bertz CT molecular complexity index is 3900. The molecule has 0 spiro atoms. The van der Waals surface area contributed by atoms with E-state index in [4.69, 9.17) is 9.72 Å². The molecule has 9 heteroatoms. The van der Waals surface area contributed by atoms with Gasteiger partial charge in [0.05, 0.1) is 28.1 Å². The molecule has 0 fully saturated rings. The summed E-state index contributed by atoms with van der Waals surface area (Å²) in [5.41, 5.74) is 13.9. The summed E-state index contributed by atoms with van der Waals surface area (Å²) in [6, 6.07) is 49.0. The van der Waals surface area contributed by atoms with E-state index in [1.54, 1.807) is 0 Å². The van der Waals surface area contributed by atoms with E-state index in [2.05, 4.69) is 162 Å². The monoisotopic (exact) mass is 1070 g/mol. The predicted octanol–water partition coefficient (Wildman–Crippen LogP) is 20.7. The molecule has 5 nitrogen and oxygen atoms in total. The van der Waals surface area contributed by atoms with Crippen LogP contribution in [0.5, 0.6) is 11.5 Å². The van der Waals surface area contributed by atoms with Crippen LogP contribution in [-0.4, -0.2) is 16.2 Å². The van der Waals surface area contributed by atoms with Crippen LogP contribution in [0, 0.1) is 23.3 Å². The summed E-state index contributed by atoms with van der Waals surface area (Å²) >= 11 is 0. The quantitative estimate of drug-likeness (QED) is 0.121. The average molecular weight is 1070 g/mol. The van der Waals surface area contributed by atoms with Crippen LogP contribution < -0.4 is 14.5 Å². The second-order valence-electron chi connectivity index (χ2n) is 24.5. The topological polar surface area (TPSA) is 33.5 Å². The lowest BCUT2D eigenvalue weighted by atomic mass is 9.81. The van der Waals surface area contributed by atoms with Gasteiger partial charge in [-0.05, 0) is 170 Å². The van der Waals surface area contributed by atoms with E-state index < -0.39 is 28.7 Å². The van der Waals surface area contributed by atoms with Gasteiger partial charge >= 0.3 is 0 Å². The summed E-state index contributed by atoms with van der Waals surface area (Å²) in [5.74, 6) is -0.223. The Morgan fingerprint density at radius 1 is 0.475 bits per heavy atom. The van der Waals surface area contributed by atoms with Crippen LogP contribution in [0.2, 0.25) is 0 Å². The first-order valence-corrected chi connectivity index (χ1v) is 27.8. The van der Waals surface area contributed by atoms with Crippen LogP contribution in [0.3, 0.4) is 0 Å². The Morgan fingerprint density at radius 2 is 1.02 bits per heavy atom. The smallest absolute Gasteiger partial charge is 0.137 e. The van der Waals surface area contributed by atoms with Crippen molar-refractivity contribution < 1.29 is 22.3 Å². The summed E-state index contributed by atoms with van der Waals surface area (Å²) in [6.45, 7) is 26.4. The molecular weight excluding hydrogens is 1000 g/mol. The third-order valence-corrected chi connectivity index (χ3v) is 15.7. The van der Waals surface area contributed by atoms with Crippen molar-refractivity contribution in [3.63, 3.8) is 0 Å². The number of halogens is 4. The molecule has 3 heterocycles. The first-order chi connectivity index (χ1) is 38.0. The molecule has 0 aliphatic carbocycles. The highest BCUT2D eigenvalue weighted by Gasteiger charge is 2.34. The number of rotatable bonds is 11. The van der Waals surface area contributed by atoms with Crippen LogP contribution >= 0.6 is 0 Å². The highest BCUT2D eigenvalue weighted by atomic mass is 19.1. The molecule has 1 aliphatic rings. The van der Waals surface area contributed by atoms with Crippen molar-refractivity contribution in [2.75, 3.05) is 16.5 Å². The van der Waals surface area contributed by atoms with Crippen molar-refractivity contribution in [3.8, 4) is 50.7 Å². The zero-order valence-electron chi connectivity index (χ0n) is 47.7. The third-order valence-electron chi connectivity index (χ3n) is 15.7. The largest absolute Gasteiger partial charge is 0.457 e. The van der Waals surface area contributed by atoms with E-state index in [-0.39, 0.29) is 35.0 Å². The number of benzene rings is 8. The van der Waals surface area contributed by atoms with E-state index in [1.807, 2.05) is 63.4 Å². The molecule has 11 rings (SSSR count). The van der Waals surface area contributed by atoms with Crippen molar-refractivity contribution in [3.05, 3.63) is 215 Å². The summed E-state index contributed by atoms with van der Waals surface area (Å²) in [7, 11) is 0. The number of aromatic nitrogens is 2. The van der Waals surface area contributed by atoms with E-state index in [0.29, 0.717) is 34.2 Å². The maximum atomic E-state index is 15.5. The van der Waals surface area contributed by atoms with Crippen LogP contribution in [0.15, 0.2) is 164 Å². The molecule has 0 atom stereocenters. The zero-order chi connectivity index (χ0) is 56.7. The lowest BCUT2D eigenvalue weighted by Gasteiger charge is -2.30. The molecule has 2 aromatic heterocycles. The molecular formula is C71H68F4N4O.